The lowest BCUT2D eigenvalue weighted by molar-refractivity contribution is -0.134. The van der Waals surface area contributed by atoms with Crippen LogP contribution in [-0.2, 0) is 27.1 Å². The maximum Gasteiger partial charge on any atom is 0.227 e. The average Bonchev–Trinajstić information content (AvgIpc) is 2.94. The van der Waals surface area contributed by atoms with Crippen molar-refractivity contribution in [1.29, 1.82) is 5.26 Å². The summed E-state index contributed by atoms with van der Waals surface area (Å²) in [5.41, 5.74) is 4.09. The molecule has 2 fully saturated rings. The Labute approximate surface area is 216 Å². The van der Waals surface area contributed by atoms with Crippen LogP contribution in [0.4, 0.5) is 0 Å². The number of morpholine rings is 1. The third-order valence-electron chi connectivity index (χ3n) is 6.64. The minimum atomic E-state index is 0.0669. The molecule has 1 amide bonds. The summed E-state index contributed by atoms with van der Waals surface area (Å²) < 4.78 is 16.8. The molecule has 2 aliphatic heterocycles. The molecular formula is C29H30N4O4. The number of carbonyl (C=O) groups excluding carboxylic acids is 1. The van der Waals surface area contributed by atoms with Crippen molar-refractivity contribution in [3.8, 4) is 23.1 Å². The molecule has 2 aliphatic rings. The molecule has 0 atom stereocenters. The minimum Gasteiger partial charge on any atom is -0.489 e. The summed E-state index contributed by atoms with van der Waals surface area (Å²) in [5, 5.41) is 9.72. The van der Waals surface area contributed by atoms with E-state index in [1.165, 1.54) is 0 Å². The number of carbonyl (C=O) groups is 1. The molecule has 2 aromatic carbocycles. The molecule has 8 nitrogen and oxygen atoms in total. The van der Waals surface area contributed by atoms with Crippen LogP contribution in [0.25, 0.3) is 11.3 Å². The van der Waals surface area contributed by atoms with Crippen molar-refractivity contribution in [2.24, 2.45) is 0 Å². The van der Waals surface area contributed by atoms with E-state index in [0.29, 0.717) is 69.5 Å². The second-order valence-electron chi connectivity index (χ2n) is 9.28. The van der Waals surface area contributed by atoms with Gasteiger partial charge in [-0.1, -0.05) is 24.3 Å². The second-order valence-corrected chi connectivity index (χ2v) is 9.28. The van der Waals surface area contributed by atoms with Crippen molar-refractivity contribution >= 4 is 5.91 Å². The number of hydrogen-bond acceptors (Lipinski definition) is 7. The Bertz CT molecular complexity index is 1280. The summed E-state index contributed by atoms with van der Waals surface area (Å²) in [6.45, 7) is 3.86. The molecule has 0 unspecified atom stereocenters. The molecule has 0 spiro atoms. The summed E-state index contributed by atoms with van der Waals surface area (Å²) >= 11 is 0. The summed E-state index contributed by atoms with van der Waals surface area (Å²) in [4.78, 5) is 23.7. The molecule has 0 saturated carbocycles. The molecule has 190 valence electrons. The van der Waals surface area contributed by atoms with Crippen LogP contribution < -0.4 is 4.74 Å². The lowest BCUT2D eigenvalue weighted by Crippen LogP contribution is -2.41. The standard InChI is InChI=1S/C29H30N4O4/c30-20-24-19-23(4-5-27(24)37-25-7-12-35-13-8-25)26-6-9-31-28(32-26)17-21-2-1-3-22(16-21)18-29(34)33-10-14-36-15-11-33/h1-6,9,16,19,25H,7-8,10-15,17-18H2. The number of hydrogen-bond donors (Lipinski definition) is 0. The lowest BCUT2D eigenvalue weighted by atomic mass is 10.0. The van der Waals surface area contributed by atoms with E-state index in [1.54, 1.807) is 6.20 Å². The fourth-order valence-corrected chi connectivity index (χ4v) is 4.63. The zero-order valence-corrected chi connectivity index (χ0v) is 20.8. The molecular weight excluding hydrogens is 468 g/mol. The van der Waals surface area contributed by atoms with Gasteiger partial charge in [0.15, 0.2) is 0 Å². The molecule has 0 bridgehead atoms. The topological polar surface area (TPSA) is 97.6 Å². The third kappa shape index (κ3) is 6.50. The van der Waals surface area contributed by atoms with Gasteiger partial charge in [-0.3, -0.25) is 4.79 Å². The van der Waals surface area contributed by atoms with Crippen LogP contribution >= 0.6 is 0 Å². The smallest absolute Gasteiger partial charge is 0.227 e. The highest BCUT2D eigenvalue weighted by Gasteiger charge is 2.19. The van der Waals surface area contributed by atoms with Crippen LogP contribution in [0.2, 0.25) is 0 Å². The van der Waals surface area contributed by atoms with Crippen molar-refractivity contribution < 1.29 is 19.0 Å². The second kappa shape index (κ2) is 12.0. The predicted molar refractivity (Wildman–Crippen MR) is 137 cm³/mol. The van der Waals surface area contributed by atoms with E-state index in [0.717, 1.165) is 35.2 Å². The Kier molecular flexibility index (Phi) is 8.04. The monoisotopic (exact) mass is 498 g/mol. The van der Waals surface area contributed by atoms with Crippen molar-refractivity contribution in [3.05, 3.63) is 77.2 Å². The van der Waals surface area contributed by atoms with E-state index in [1.807, 2.05) is 53.4 Å². The SMILES string of the molecule is N#Cc1cc(-c2ccnc(Cc3cccc(CC(=O)N4CCOCC4)c3)n2)ccc1OC1CCOCC1. The highest BCUT2D eigenvalue weighted by atomic mass is 16.5. The van der Waals surface area contributed by atoms with Gasteiger partial charge in [0.1, 0.15) is 23.7 Å². The van der Waals surface area contributed by atoms with E-state index < -0.39 is 0 Å². The van der Waals surface area contributed by atoms with Crippen LogP contribution in [0.5, 0.6) is 5.75 Å². The van der Waals surface area contributed by atoms with E-state index in [-0.39, 0.29) is 12.0 Å². The predicted octanol–water partition coefficient (Wildman–Crippen LogP) is 3.57. The molecule has 0 aliphatic carbocycles. The Morgan fingerprint density at radius 2 is 1.81 bits per heavy atom. The van der Waals surface area contributed by atoms with Crippen LogP contribution in [0.1, 0.15) is 35.4 Å². The Hall–Kier alpha value is -3.80. The van der Waals surface area contributed by atoms with Gasteiger partial charge in [0, 0.05) is 44.1 Å². The van der Waals surface area contributed by atoms with Gasteiger partial charge in [0.25, 0.3) is 0 Å². The summed E-state index contributed by atoms with van der Waals surface area (Å²) in [5.74, 6) is 1.39. The van der Waals surface area contributed by atoms with Gasteiger partial charge in [0.2, 0.25) is 5.91 Å². The molecule has 3 aromatic rings. The summed E-state index contributed by atoms with van der Waals surface area (Å²) in [6, 6.07) is 17.7. The van der Waals surface area contributed by atoms with E-state index in [2.05, 4.69) is 11.1 Å². The van der Waals surface area contributed by atoms with Gasteiger partial charge in [-0.2, -0.15) is 5.26 Å². The van der Waals surface area contributed by atoms with Gasteiger partial charge in [0.05, 0.1) is 44.1 Å². The fourth-order valence-electron chi connectivity index (χ4n) is 4.63. The minimum absolute atomic E-state index is 0.0669. The maximum atomic E-state index is 12.6. The molecule has 0 N–H and O–H groups in total. The number of benzene rings is 2. The van der Waals surface area contributed by atoms with E-state index in [9.17, 15) is 10.1 Å². The number of ether oxygens (including phenoxy) is 3. The largest absolute Gasteiger partial charge is 0.489 e. The number of nitrogens with zero attached hydrogens (tertiary/aromatic N) is 4. The van der Waals surface area contributed by atoms with Crippen LogP contribution in [0, 0.1) is 11.3 Å². The lowest BCUT2D eigenvalue weighted by Gasteiger charge is -2.26. The summed E-state index contributed by atoms with van der Waals surface area (Å²) in [6.07, 6.45) is 4.37. The number of rotatable bonds is 7. The highest BCUT2D eigenvalue weighted by Crippen LogP contribution is 2.27. The molecule has 8 heteroatoms. The van der Waals surface area contributed by atoms with E-state index in [4.69, 9.17) is 19.2 Å². The van der Waals surface area contributed by atoms with Crippen molar-refractivity contribution in [2.75, 3.05) is 39.5 Å². The van der Waals surface area contributed by atoms with Crippen LogP contribution in [-0.4, -0.2) is 66.4 Å². The van der Waals surface area contributed by atoms with Crippen molar-refractivity contribution in [2.45, 2.75) is 31.8 Å². The van der Waals surface area contributed by atoms with Crippen molar-refractivity contribution in [1.82, 2.24) is 14.9 Å². The first-order chi connectivity index (χ1) is 18.2. The molecule has 2 saturated heterocycles. The number of amides is 1. The number of aromatic nitrogens is 2. The first kappa shape index (κ1) is 24.9. The van der Waals surface area contributed by atoms with Crippen LogP contribution in [0.3, 0.4) is 0 Å². The first-order valence-electron chi connectivity index (χ1n) is 12.7. The Balaban J connectivity index is 1.27. The molecule has 5 rings (SSSR count). The van der Waals surface area contributed by atoms with Gasteiger partial charge in [-0.05, 0) is 35.4 Å². The van der Waals surface area contributed by atoms with Gasteiger partial charge in [-0.15, -0.1) is 0 Å². The highest BCUT2D eigenvalue weighted by molar-refractivity contribution is 5.79. The maximum absolute atomic E-state index is 12.6. The van der Waals surface area contributed by atoms with Crippen LogP contribution in [0.15, 0.2) is 54.7 Å². The summed E-state index contributed by atoms with van der Waals surface area (Å²) in [7, 11) is 0. The zero-order chi connectivity index (χ0) is 25.5. The molecule has 3 heterocycles. The molecule has 1 aromatic heterocycles. The molecule has 37 heavy (non-hydrogen) atoms. The number of nitriles is 1. The Morgan fingerprint density at radius 1 is 1.03 bits per heavy atom. The quantitative estimate of drug-likeness (QED) is 0.491. The van der Waals surface area contributed by atoms with Gasteiger partial charge < -0.3 is 19.1 Å². The third-order valence-corrected chi connectivity index (χ3v) is 6.64. The van der Waals surface area contributed by atoms with Gasteiger partial charge >= 0.3 is 0 Å². The molecule has 0 radical (unpaired) electrons. The Morgan fingerprint density at radius 3 is 2.62 bits per heavy atom. The van der Waals surface area contributed by atoms with Crippen molar-refractivity contribution in [3.63, 3.8) is 0 Å². The normalized spacial score (nSPS) is 16.2. The van der Waals surface area contributed by atoms with Gasteiger partial charge in [-0.25, -0.2) is 9.97 Å². The average molecular weight is 499 g/mol. The van der Waals surface area contributed by atoms with E-state index >= 15 is 0 Å². The zero-order valence-electron chi connectivity index (χ0n) is 20.8. The fraction of sp³-hybridized carbons (Fsp3) is 0.379. The first-order valence-corrected chi connectivity index (χ1v) is 12.7.